The summed E-state index contributed by atoms with van der Waals surface area (Å²) in [5.74, 6) is 2.44. The van der Waals surface area contributed by atoms with Crippen LogP contribution >= 0.6 is 0 Å². The monoisotopic (exact) mass is 250 g/mol. The van der Waals surface area contributed by atoms with Gasteiger partial charge in [-0.2, -0.15) is 0 Å². The zero-order chi connectivity index (χ0) is 13.0. The lowest BCUT2D eigenvalue weighted by molar-refractivity contribution is 0.183. The Hall–Kier alpha value is -0.900. The lowest BCUT2D eigenvalue weighted by atomic mass is 9.73. The van der Waals surface area contributed by atoms with Gasteiger partial charge in [0.05, 0.1) is 5.69 Å². The first-order chi connectivity index (χ1) is 8.69. The Balaban J connectivity index is 1.96. The van der Waals surface area contributed by atoms with Crippen LogP contribution in [0.2, 0.25) is 0 Å². The van der Waals surface area contributed by atoms with E-state index in [-0.39, 0.29) is 0 Å². The summed E-state index contributed by atoms with van der Waals surface area (Å²) < 4.78 is 1.81. The van der Waals surface area contributed by atoms with E-state index in [4.69, 9.17) is 0 Å². The molecule has 2 rings (SSSR count). The third kappa shape index (κ3) is 3.55. The van der Waals surface area contributed by atoms with Gasteiger partial charge in [0.1, 0.15) is 0 Å². The van der Waals surface area contributed by atoms with E-state index in [2.05, 4.69) is 35.7 Å². The van der Waals surface area contributed by atoms with Gasteiger partial charge < -0.3 is 5.32 Å². The van der Waals surface area contributed by atoms with Crippen LogP contribution in [0.5, 0.6) is 0 Å². The predicted octanol–water partition coefficient (Wildman–Crippen LogP) is 2.02. The standard InChI is InChI=1S/C14H26N4/c1-4-15-9-12-6-5-11(2)7-13(12)8-14-10-18(3)17-16-14/h10-13,15H,4-9H2,1-3H3. The quantitative estimate of drug-likeness (QED) is 0.869. The molecule has 0 radical (unpaired) electrons. The normalized spacial score (nSPS) is 28.5. The summed E-state index contributed by atoms with van der Waals surface area (Å²) in [7, 11) is 1.94. The Labute approximate surface area is 110 Å². The van der Waals surface area contributed by atoms with Gasteiger partial charge in [-0.3, -0.25) is 4.68 Å². The highest BCUT2D eigenvalue weighted by atomic mass is 15.4. The first-order valence-electron chi connectivity index (χ1n) is 7.25. The third-order valence-electron chi connectivity index (χ3n) is 4.18. The van der Waals surface area contributed by atoms with Crippen molar-refractivity contribution >= 4 is 0 Å². The van der Waals surface area contributed by atoms with E-state index in [0.29, 0.717) is 0 Å². The van der Waals surface area contributed by atoms with Gasteiger partial charge in [0.2, 0.25) is 0 Å². The van der Waals surface area contributed by atoms with Gasteiger partial charge in [-0.15, -0.1) is 5.10 Å². The Morgan fingerprint density at radius 3 is 2.89 bits per heavy atom. The number of hydrogen-bond donors (Lipinski definition) is 1. The van der Waals surface area contributed by atoms with Crippen molar-refractivity contribution in [2.45, 2.75) is 39.5 Å². The van der Waals surface area contributed by atoms with Crippen LogP contribution in [0, 0.1) is 17.8 Å². The average Bonchev–Trinajstić information content (AvgIpc) is 2.74. The molecule has 0 aromatic carbocycles. The number of nitrogens with zero attached hydrogens (tertiary/aromatic N) is 3. The maximum absolute atomic E-state index is 4.24. The minimum absolute atomic E-state index is 0.768. The van der Waals surface area contributed by atoms with Crippen molar-refractivity contribution in [3.05, 3.63) is 11.9 Å². The van der Waals surface area contributed by atoms with Gasteiger partial charge in [0.25, 0.3) is 0 Å². The Morgan fingerprint density at radius 2 is 2.22 bits per heavy atom. The molecule has 1 heterocycles. The molecular formula is C14H26N4. The molecule has 18 heavy (non-hydrogen) atoms. The highest BCUT2D eigenvalue weighted by molar-refractivity contribution is 4.96. The lowest BCUT2D eigenvalue weighted by Gasteiger charge is -2.34. The molecule has 102 valence electrons. The average molecular weight is 250 g/mol. The molecule has 1 aliphatic rings. The second-order valence-corrected chi connectivity index (χ2v) is 5.83. The van der Waals surface area contributed by atoms with E-state index in [9.17, 15) is 0 Å². The maximum atomic E-state index is 4.24. The Morgan fingerprint density at radius 1 is 1.39 bits per heavy atom. The van der Waals surface area contributed by atoms with Crippen LogP contribution < -0.4 is 5.32 Å². The highest BCUT2D eigenvalue weighted by Gasteiger charge is 2.28. The van der Waals surface area contributed by atoms with Crippen LogP contribution in [0.4, 0.5) is 0 Å². The van der Waals surface area contributed by atoms with Crippen LogP contribution in [-0.2, 0) is 13.5 Å². The molecule has 4 heteroatoms. The number of aryl methyl sites for hydroxylation is 1. The van der Waals surface area contributed by atoms with Crippen molar-refractivity contribution in [2.75, 3.05) is 13.1 Å². The van der Waals surface area contributed by atoms with E-state index in [1.807, 2.05) is 7.05 Å². The fraction of sp³-hybridized carbons (Fsp3) is 0.857. The van der Waals surface area contributed by atoms with Gasteiger partial charge in [-0.1, -0.05) is 25.5 Å². The maximum Gasteiger partial charge on any atom is 0.0829 e. The van der Waals surface area contributed by atoms with Crippen molar-refractivity contribution in [1.29, 1.82) is 0 Å². The molecule has 1 aromatic rings. The second-order valence-electron chi connectivity index (χ2n) is 5.83. The van der Waals surface area contributed by atoms with Crippen molar-refractivity contribution < 1.29 is 0 Å². The summed E-state index contributed by atoms with van der Waals surface area (Å²) in [5.41, 5.74) is 1.15. The number of hydrogen-bond acceptors (Lipinski definition) is 3. The first-order valence-corrected chi connectivity index (χ1v) is 7.25. The van der Waals surface area contributed by atoms with Crippen LogP contribution in [0.1, 0.15) is 38.8 Å². The Bertz CT molecular complexity index is 358. The van der Waals surface area contributed by atoms with Gasteiger partial charge >= 0.3 is 0 Å². The lowest BCUT2D eigenvalue weighted by Crippen LogP contribution is -2.33. The minimum atomic E-state index is 0.768. The number of aromatic nitrogens is 3. The van der Waals surface area contributed by atoms with Crippen LogP contribution in [0.15, 0.2) is 6.20 Å². The summed E-state index contributed by atoms with van der Waals surface area (Å²) in [6, 6.07) is 0. The summed E-state index contributed by atoms with van der Waals surface area (Å²) in [5, 5.41) is 11.8. The Kier molecular flexibility index (Phi) is 4.75. The molecular weight excluding hydrogens is 224 g/mol. The van der Waals surface area contributed by atoms with Gasteiger partial charge in [0, 0.05) is 13.2 Å². The zero-order valence-electron chi connectivity index (χ0n) is 11.9. The van der Waals surface area contributed by atoms with E-state index in [0.717, 1.165) is 43.0 Å². The fourth-order valence-electron chi connectivity index (χ4n) is 3.17. The summed E-state index contributed by atoms with van der Waals surface area (Å²) >= 11 is 0. The number of nitrogens with one attached hydrogen (secondary N) is 1. The van der Waals surface area contributed by atoms with Crippen molar-refractivity contribution in [3.8, 4) is 0 Å². The summed E-state index contributed by atoms with van der Waals surface area (Å²) in [6.45, 7) is 6.80. The van der Waals surface area contributed by atoms with Crippen molar-refractivity contribution in [2.24, 2.45) is 24.8 Å². The first kappa shape index (κ1) is 13.5. The minimum Gasteiger partial charge on any atom is -0.317 e. The highest BCUT2D eigenvalue weighted by Crippen LogP contribution is 2.35. The molecule has 1 aliphatic carbocycles. The molecule has 0 saturated heterocycles. The third-order valence-corrected chi connectivity index (χ3v) is 4.18. The SMILES string of the molecule is CCNCC1CCC(C)CC1Cc1cn(C)nn1. The van der Waals surface area contributed by atoms with E-state index >= 15 is 0 Å². The smallest absolute Gasteiger partial charge is 0.0829 e. The molecule has 0 spiro atoms. The van der Waals surface area contributed by atoms with Gasteiger partial charge in [0.15, 0.2) is 0 Å². The summed E-state index contributed by atoms with van der Waals surface area (Å²) in [6.07, 6.45) is 7.23. The molecule has 1 aromatic heterocycles. The summed E-state index contributed by atoms with van der Waals surface area (Å²) in [4.78, 5) is 0. The molecule has 0 bridgehead atoms. The molecule has 3 unspecified atom stereocenters. The van der Waals surface area contributed by atoms with Crippen molar-refractivity contribution in [3.63, 3.8) is 0 Å². The predicted molar refractivity (Wildman–Crippen MR) is 73.2 cm³/mol. The van der Waals surface area contributed by atoms with Crippen LogP contribution in [0.3, 0.4) is 0 Å². The molecule has 1 fully saturated rings. The fourth-order valence-corrected chi connectivity index (χ4v) is 3.17. The molecule has 0 aliphatic heterocycles. The largest absolute Gasteiger partial charge is 0.317 e. The molecule has 3 atom stereocenters. The second kappa shape index (κ2) is 6.32. The van der Waals surface area contributed by atoms with Crippen LogP contribution in [-0.4, -0.2) is 28.1 Å². The number of rotatable bonds is 5. The molecule has 1 saturated carbocycles. The molecule has 4 nitrogen and oxygen atoms in total. The van der Waals surface area contributed by atoms with Gasteiger partial charge in [-0.05, 0) is 50.1 Å². The van der Waals surface area contributed by atoms with E-state index in [1.165, 1.54) is 19.3 Å². The topological polar surface area (TPSA) is 42.7 Å². The molecule has 0 amide bonds. The van der Waals surface area contributed by atoms with Crippen molar-refractivity contribution in [1.82, 2.24) is 20.3 Å². The zero-order valence-corrected chi connectivity index (χ0v) is 11.9. The van der Waals surface area contributed by atoms with E-state index < -0.39 is 0 Å². The van der Waals surface area contributed by atoms with Gasteiger partial charge in [-0.25, -0.2) is 0 Å². The molecule has 1 N–H and O–H groups in total. The van der Waals surface area contributed by atoms with Crippen LogP contribution in [0.25, 0.3) is 0 Å². The van der Waals surface area contributed by atoms with E-state index in [1.54, 1.807) is 4.68 Å².